The Bertz CT molecular complexity index is 647. The third-order valence-corrected chi connectivity index (χ3v) is 4.59. The van der Waals surface area contributed by atoms with Gasteiger partial charge in [-0.3, -0.25) is 0 Å². The topological polar surface area (TPSA) is 136 Å². The van der Waals surface area contributed by atoms with Crippen molar-refractivity contribution in [3.63, 3.8) is 0 Å². The maximum Gasteiger partial charge on any atom is 0.339 e. The molecule has 8 heteroatoms. The molecule has 5 N–H and O–H groups in total. The summed E-state index contributed by atoms with van der Waals surface area (Å²) in [5.74, 6) is -3.94. The van der Waals surface area contributed by atoms with E-state index in [0.29, 0.717) is 12.2 Å². The second-order valence-electron chi connectivity index (χ2n) is 5.97. The molecule has 1 aliphatic heterocycles. The van der Waals surface area contributed by atoms with Crippen LogP contribution in [0.1, 0.15) is 18.9 Å². The summed E-state index contributed by atoms with van der Waals surface area (Å²) in [7, 11) is 1.52. The maximum absolute atomic E-state index is 11.6. The number of benzene rings is 1. The Morgan fingerprint density at radius 2 is 2.04 bits per heavy atom. The minimum absolute atomic E-state index is 0.195. The number of anilines is 1. The highest BCUT2D eigenvalue weighted by molar-refractivity contribution is 5.87. The van der Waals surface area contributed by atoms with Crippen LogP contribution in [0, 0.1) is 5.92 Å². The van der Waals surface area contributed by atoms with Crippen molar-refractivity contribution in [3.05, 3.63) is 23.8 Å². The number of aliphatic hydroxyl groups excluding tert-OH is 1. The minimum atomic E-state index is -2.80. The van der Waals surface area contributed by atoms with Gasteiger partial charge in [-0.1, -0.05) is 6.07 Å². The zero-order valence-corrected chi connectivity index (χ0v) is 13.4. The van der Waals surface area contributed by atoms with Gasteiger partial charge in [0.2, 0.25) is 5.60 Å². The van der Waals surface area contributed by atoms with Crippen LogP contribution in [0.5, 0.6) is 5.75 Å². The number of nitrogens with one attached hydrogen (secondary N) is 1. The first-order valence-corrected chi connectivity index (χ1v) is 7.51. The van der Waals surface area contributed by atoms with E-state index in [1.807, 2.05) is 6.07 Å². The van der Waals surface area contributed by atoms with Gasteiger partial charge in [0.15, 0.2) is 6.10 Å². The largest absolute Gasteiger partial charge is 0.497 e. The summed E-state index contributed by atoms with van der Waals surface area (Å²) in [5, 5.41) is 41.8. The van der Waals surface area contributed by atoms with E-state index < -0.39 is 35.6 Å². The summed E-state index contributed by atoms with van der Waals surface area (Å²) in [5.41, 5.74) is -1.19. The van der Waals surface area contributed by atoms with Gasteiger partial charge in [0.05, 0.1) is 7.11 Å². The van der Waals surface area contributed by atoms with E-state index in [-0.39, 0.29) is 6.42 Å². The highest BCUT2D eigenvalue weighted by Gasteiger charge is 2.55. The predicted octanol–water partition coefficient (Wildman–Crippen LogP) is 0.319. The molecule has 0 saturated heterocycles. The first-order valence-electron chi connectivity index (χ1n) is 7.51. The van der Waals surface area contributed by atoms with Gasteiger partial charge in [-0.2, -0.15) is 0 Å². The quantitative estimate of drug-likeness (QED) is 0.517. The van der Waals surface area contributed by atoms with Crippen molar-refractivity contribution in [2.24, 2.45) is 5.92 Å². The summed E-state index contributed by atoms with van der Waals surface area (Å²) < 4.78 is 5.16. The van der Waals surface area contributed by atoms with E-state index in [1.54, 1.807) is 19.1 Å². The molecule has 1 aromatic rings. The van der Waals surface area contributed by atoms with Gasteiger partial charge in [0.1, 0.15) is 5.75 Å². The van der Waals surface area contributed by atoms with Crippen molar-refractivity contribution in [1.82, 2.24) is 0 Å². The molecule has 1 heterocycles. The van der Waals surface area contributed by atoms with Crippen molar-refractivity contribution in [3.8, 4) is 5.75 Å². The lowest BCUT2D eigenvalue weighted by atomic mass is 9.76. The molecule has 24 heavy (non-hydrogen) atoms. The Morgan fingerprint density at radius 1 is 1.38 bits per heavy atom. The molecule has 2 rings (SSSR count). The molecule has 4 atom stereocenters. The van der Waals surface area contributed by atoms with Gasteiger partial charge in [-0.05, 0) is 31.4 Å². The highest BCUT2D eigenvalue weighted by Crippen LogP contribution is 2.36. The smallest absolute Gasteiger partial charge is 0.339 e. The molecule has 0 spiro atoms. The molecule has 0 fully saturated rings. The summed E-state index contributed by atoms with van der Waals surface area (Å²) in [6.45, 7) is 1.64. The molecule has 1 aromatic carbocycles. The molecular weight excluding hydrogens is 318 g/mol. The number of carboxylic acid groups (broad SMARTS) is 2. The van der Waals surface area contributed by atoms with E-state index in [4.69, 9.17) is 9.84 Å². The molecule has 8 nitrogen and oxygen atoms in total. The van der Waals surface area contributed by atoms with Gasteiger partial charge in [0.25, 0.3) is 0 Å². The van der Waals surface area contributed by atoms with Gasteiger partial charge in [-0.25, -0.2) is 9.59 Å². The number of carbonyl (C=O) groups is 2. The van der Waals surface area contributed by atoms with E-state index >= 15 is 0 Å². The first-order chi connectivity index (χ1) is 11.2. The van der Waals surface area contributed by atoms with Crippen molar-refractivity contribution in [2.45, 2.75) is 37.5 Å². The zero-order valence-electron chi connectivity index (χ0n) is 13.4. The molecule has 0 saturated carbocycles. The molecule has 0 radical (unpaired) electrons. The lowest BCUT2D eigenvalue weighted by Crippen LogP contribution is -2.61. The van der Waals surface area contributed by atoms with E-state index in [2.05, 4.69) is 5.32 Å². The zero-order chi connectivity index (χ0) is 18.1. The van der Waals surface area contributed by atoms with Crippen LogP contribution in [0.2, 0.25) is 0 Å². The monoisotopic (exact) mass is 339 g/mol. The van der Waals surface area contributed by atoms with Crippen LogP contribution in [-0.4, -0.2) is 57.2 Å². The number of methoxy groups -OCH3 is 1. The van der Waals surface area contributed by atoms with Crippen LogP contribution in [-0.2, 0) is 16.0 Å². The number of aryl methyl sites for hydroxylation is 1. The molecular formula is C16H21NO7. The van der Waals surface area contributed by atoms with Crippen molar-refractivity contribution < 1.29 is 34.8 Å². The molecule has 1 aliphatic rings. The Morgan fingerprint density at radius 3 is 2.58 bits per heavy atom. The average Bonchev–Trinajstić information content (AvgIpc) is 2.70. The number of rotatable bonds is 5. The van der Waals surface area contributed by atoms with Crippen LogP contribution in [0.3, 0.4) is 0 Å². The average molecular weight is 339 g/mol. The summed E-state index contributed by atoms with van der Waals surface area (Å²) in [6.07, 6.45) is -1.82. The fourth-order valence-electron chi connectivity index (χ4n) is 3.21. The fraction of sp³-hybridized carbons (Fsp3) is 0.500. The minimum Gasteiger partial charge on any atom is -0.497 e. The second-order valence-corrected chi connectivity index (χ2v) is 5.97. The van der Waals surface area contributed by atoms with Crippen LogP contribution >= 0.6 is 0 Å². The molecule has 0 aromatic heterocycles. The Hall–Kier alpha value is -2.32. The van der Waals surface area contributed by atoms with Gasteiger partial charge >= 0.3 is 11.9 Å². The van der Waals surface area contributed by atoms with Crippen molar-refractivity contribution >= 4 is 17.6 Å². The van der Waals surface area contributed by atoms with E-state index in [1.165, 1.54) is 7.11 Å². The number of hydrogen-bond acceptors (Lipinski definition) is 6. The molecule has 0 amide bonds. The third kappa shape index (κ3) is 3.02. The number of aliphatic carboxylic acids is 2. The summed E-state index contributed by atoms with van der Waals surface area (Å²) in [4.78, 5) is 22.7. The van der Waals surface area contributed by atoms with Crippen LogP contribution < -0.4 is 10.1 Å². The SMILES string of the molecule is COc1ccc2c(c1)NC(C)C(C(O)(C(=O)O)C(O)C(=O)O)CC2. The maximum atomic E-state index is 11.6. The molecule has 0 bridgehead atoms. The number of ether oxygens (including phenoxy) is 1. The van der Waals surface area contributed by atoms with Gasteiger partial charge < -0.3 is 30.5 Å². The number of fused-ring (bicyclic) bond motifs is 1. The Balaban J connectivity index is 2.39. The van der Waals surface area contributed by atoms with Crippen LogP contribution in [0.15, 0.2) is 18.2 Å². The standard InChI is InChI=1S/C16H21NO7/c1-8-11(16(23,15(21)22)13(18)14(19)20)6-4-9-3-5-10(24-2)7-12(9)17-8/h3,5,7-8,11,13,17-18,23H,4,6H2,1-2H3,(H,19,20)(H,21,22). The van der Waals surface area contributed by atoms with Crippen LogP contribution in [0.4, 0.5) is 5.69 Å². The van der Waals surface area contributed by atoms with Crippen LogP contribution in [0.25, 0.3) is 0 Å². The number of aliphatic hydroxyl groups is 2. The highest BCUT2D eigenvalue weighted by atomic mass is 16.5. The van der Waals surface area contributed by atoms with Gasteiger partial charge in [-0.15, -0.1) is 0 Å². The summed E-state index contributed by atoms with van der Waals surface area (Å²) >= 11 is 0. The molecule has 0 aliphatic carbocycles. The van der Waals surface area contributed by atoms with Crippen molar-refractivity contribution in [1.29, 1.82) is 0 Å². The number of carboxylic acids is 2. The lowest BCUT2D eigenvalue weighted by molar-refractivity contribution is -0.193. The second kappa shape index (κ2) is 6.66. The summed E-state index contributed by atoms with van der Waals surface area (Å²) in [6, 6.07) is 4.75. The Kier molecular flexibility index (Phi) is 5.00. The third-order valence-electron chi connectivity index (χ3n) is 4.59. The fourth-order valence-corrected chi connectivity index (χ4v) is 3.21. The van der Waals surface area contributed by atoms with Gasteiger partial charge in [0, 0.05) is 23.7 Å². The first kappa shape index (κ1) is 18.0. The van der Waals surface area contributed by atoms with E-state index in [0.717, 1.165) is 11.3 Å². The number of hydrogen-bond donors (Lipinski definition) is 5. The normalized spacial score (nSPS) is 23.8. The van der Waals surface area contributed by atoms with Crippen molar-refractivity contribution in [2.75, 3.05) is 12.4 Å². The Labute approximate surface area is 138 Å². The predicted molar refractivity (Wildman–Crippen MR) is 84.1 cm³/mol. The van der Waals surface area contributed by atoms with E-state index in [9.17, 15) is 24.9 Å². The molecule has 4 unspecified atom stereocenters. The molecule has 132 valence electrons. The lowest BCUT2D eigenvalue weighted by Gasteiger charge is -2.37.